The van der Waals surface area contributed by atoms with Crippen LogP contribution >= 0.6 is 0 Å². The molecule has 0 atom stereocenters. The zero-order valence-corrected chi connectivity index (χ0v) is 22.3. The highest BCUT2D eigenvalue weighted by Crippen LogP contribution is 2.24. The number of fused-ring (bicyclic) bond motifs is 2. The Morgan fingerprint density at radius 3 is 2.42 bits per heavy atom. The van der Waals surface area contributed by atoms with Gasteiger partial charge in [0.05, 0.1) is 0 Å². The average Bonchev–Trinajstić information content (AvgIpc) is 3.24. The molecule has 1 fully saturated rings. The molecule has 1 aliphatic heterocycles. The molecular formula is C34H35N3O. The van der Waals surface area contributed by atoms with Crippen molar-refractivity contribution in [3.63, 3.8) is 0 Å². The first-order chi connectivity index (χ1) is 18.5. The van der Waals surface area contributed by atoms with Gasteiger partial charge in [0.1, 0.15) is 0 Å². The van der Waals surface area contributed by atoms with Crippen LogP contribution in [-0.4, -0.2) is 53.4 Å². The summed E-state index contributed by atoms with van der Waals surface area (Å²) in [4.78, 5) is 21.3. The lowest BCUT2D eigenvalue weighted by molar-refractivity contribution is 0.0638. The molecule has 1 aromatic heterocycles. The molecule has 4 aromatic carbocycles. The summed E-state index contributed by atoms with van der Waals surface area (Å²) in [6, 6.07) is 30.0. The van der Waals surface area contributed by atoms with Crippen molar-refractivity contribution in [3.05, 3.63) is 118 Å². The Bertz CT molecular complexity index is 1600. The quantitative estimate of drug-likeness (QED) is 0.287. The second-order valence-corrected chi connectivity index (χ2v) is 10.7. The minimum Gasteiger partial charge on any atom is -0.358 e. The second-order valence-electron chi connectivity index (χ2n) is 10.7. The number of carbonyl (C=O) groups is 1. The molecular weight excluding hydrogens is 466 g/mol. The first-order valence-corrected chi connectivity index (χ1v) is 13.7. The van der Waals surface area contributed by atoms with E-state index in [-0.39, 0.29) is 5.91 Å². The van der Waals surface area contributed by atoms with Crippen molar-refractivity contribution < 1.29 is 4.79 Å². The number of H-pyrrole nitrogens is 1. The van der Waals surface area contributed by atoms with Crippen LogP contribution in [0.25, 0.3) is 21.7 Å². The molecule has 2 heterocycles. The van der Waals surface area contributed by atoms with E-state index in [0.717, 1.165) is 51.1 Å². The minimum absolute atomic E-state index is 0.146. The molecule has 5 aromatic rings. The summed E-state index contributed by atoms with van der Waals surface area (Å²) >= 11 is 0. The van der Waals surface area contributed by atoms with Crippen molar-refractivity contribution in [2.24, 2.45) is 0 Å². The lowest BCUT2D eigenvalue weighted by Gasteiger charge is -2.35. The molecule has 1 aliphatic rings. The van der Waals surface area contributed by atoms with E-state index in [4.69, 9.17) is 0 Å². The van der Waals surface area contributed by atoms with Crippen molar-refractivity contribution in [1.82, 2.24) is 14.8 Å². The third kappa shape index (κ3) is 4.97. The molecule has 1 amide bonds. The van der Waals surface area contributed by atoms with Gasteiger partial charge in [-0.05, 0) is 84.0 Å². The van der Waals surface area contributed by atoms with Crippen molar-refractivity contribution in [1.29, 1.82) is 0 Å². The maximum absolute atomic E-state index is 13.4. The first-order valence-electron chi connectivity index (χ1n) is 13.7. The molecule has 0 radical (unpaired) electrons. The topological polar surface area (TPSA) is 39.3 Å². The Balaban J connectivity index is 1.07. The van der Waals surface area contributed by atoms with Gasteiger partial charge in [0.25, 0.3) is 5.91 Å². The van der Waals surface area contributed by atoms with Crippen molar-refractivity contribution in [2.45, 2.75) is 26.7 Å². The third-order valence-electron chi connectivity index (χ3n) is 8.19. The lowest BCUT2D eigenvalue weighted by Crippen LogP contribution is -2.49. The van der Waals surface area contributed by atoms with Crippen LogP contribution in [0.1, 0.15) is 38.3 Å². The van der Waals surface area contributed by atoms with Crippen molar-refractivity contribution in [3.8, 4) is 0 Å². The van der Waals surface area contributed by atoms with Crippen LogP contribution in [-0.2, 0) is 12.8 Å². The third-order valence-corrected chi connectivity index (χ3v) is 8.19. The number of aromatic amines is 1. The van der Waals surface area contributed by atoms with Crippen LogP contribution in [0.2, 0.25) is 0 Å². The number of carbonyl (C=O) groups excluding carboxylic acids is 1. The molecule has 38 heavy (non-hydrogen) atoms. The number of hydrogen-bond donors (Lipinski definition) is 1. The summed E-state index contributed by atoms with van der Waals surface area (Å²) in [5, 5.41) is 3.94. The SMILES string of the molecule is Cc1[nH]c2ccc(Cc3cccc(C(=O)N4CCN(CCc5cccc6ccccc56)CC4)c3)cc2c1C. The normalized spacial score (nSPS) is 14.4. The molecule has 4 heteroatoms. The van der Waals surface area contributed by atoms with Crippen LogP contribution < -0.4 is 0 Å². The van der Waals surface area contributed by atoms with Crippen LogP contribution in [0.3, 0.4) is 0 Å². The summed E-state index contributed by atoms with van der Waals surface area (Å²) in [5.41, 5.74) is 8.35. The highest BCUT2D eigenvalue weighted by molar-refractivity contribution is 5.94. The Kier molecular flexibility index (Phi) is 6.73. The van der Waals surface area contributed by atoms with Gasteiger partial charge in [0.15, 0.2) is 0 Å². The van der Waals surface area contributed by atoms with Crippen LogP contribution in [0.5, 0.6) is 0 Å². The van der Waals surface area contributed by atoms with E-state index in [2.05, 4.69) is 96.5 Å². The number of aryl methyl sites for hydroxylation is 2. The predicted octanol–water partition coefficient (Wildman–Crippen LogP) is 6.53. The standard InChI is InChI=1S/C34H35N3O/c1-24-25(2)35-33-14-13-27(23-32(24)33)21-26-7-5-11-30(22-26)34(38)37-19-17-36(18-20-37)16-15-29-10-6-9-28-8-3-4-12-31(28)29/h3-14,22-23,35H,15-21H2,1-2H3. The Morgan fingerprint density at radius 1 is 0.789 bits per heavy atom. The number of amides is 1. The molecule has 0 spiro atoms. The highest BCUT2D eigenvalue weighted by atomic mass is 16.2. The summed E-state index contributed by atoms with van der Waals surface area (Å²) < 4.78 is 0. The molecule has 0 bridgehead atoms. The lowest BCUT2D eigenvalue weighted by atomic mass is 10.00. The van der Waals surface area contributed by atoms with Gasteiger partial charge in [-0.1, -0.05) is 60.7 Å². The smallest absolute Gasteiger partial charge is 0.253 e. The van der Waals surface area contributed by atoms with Gasteiger partial charge in [0.2, 0.25) is 0 Å². The summed E-state index contributed by atoms with van der Waals surface area (Å²) in [7, 11) is 0. The van der Waals surface area contributed by atoms with E-state index >= 15 is 0 Å². The number of hydrogen-bond acceptors (Lipinski definition) is 2. The number of aromatic nitrogens is 1. The van der Waals surface area contributed by atoms with Gasteiger partial charge in [-0.15, -0.1) is 0 Å². The monoisotopic (exact) mass is 501 g/mol. The van der Waals surface area contributed by atoms with Crippen LogP contribution in [0.4, 0.5) is 0 Å². The molecule has 0 saturated carbocycles. The molecule has 1 N–H and O–H groups in total. The van der Waals surface area contributed by atoms with Gasteiger partial charge in [-0.25, -0.2) is 0 Å². The summed E-state index contributed by atoms with van der Waals surface area (Å²) in [6.07, 6.45) is 1.85. The predicted molar refractivity (Wildman–Crippen MR) is 157 cm³/mol. The largest absolute Gasteiger partial charge is 0.358 e. The molecule has 1 saturated heterocycles. The fourth-order valence-corrected chi connectivity index (χ4v) is 5.81. The maximum Gasteiger partial charge on any atom is 0.253 e. The van der Waals surface area contributed by atoms with Gasteiger partial charge >= 0.3 is 0 Å². The molecule has 0 aliphatic carbocycles. The van der Waals surface area contributed by atoms with E-state index in [1.165, 1.54) is 49.6 Å². The summed E-state index contributed by atoms with van der Waals surface area (Å²) in [6.45, 7) is 8.71. The van der Waals surface area contributed by atoms with Gasteiger partial charge in [-0.3, -0.25) is 9.69 Å². The van der Waals surface area contributed by atoms with E-state index in [1.807, 2.05) is 17.0 Å². The van der Waals surface area contributed by atoms with Gasteiger partial charge in [0, 0.05) is 54.9 Å². The van der Waals surface area contributed by atoms with Crippen molar-refractivity contribution >= 4 is 27.6 Å². The number of benzene rings is 4. The fourth-order valence-electron chi connectivity index (χ4n) is 5.81. The van der Waals surface area contributed by atoms with Crippen molar-refractivity contribution in [2.75, 3.05) is 32.7 Å². The minimum atomic E-state index is 0.146. The Morgan fingerprint density at radius 2 is 1.55 bits per heavy atom. The number of piperazine rings is 1. The van der Waals surface area contributed by atoms with E-state index in [1.54, 1.807) is 0 Å². The van der Waals surface area contributed by atoms with Gasteiger partial charge in [-0.2, -0.15) is 0 Å². The Labute approximate surface area is 224 Å². The highest BCUT2D eigenvalue weighted by Gasteiger charge is 2.22. The zero-order valence-electron chi connectivity index (χ0n) is 22.3. The maximum atomic E-state index is 13.4. The zero-order chi connectivity index (χ0) is 26.1. The van der Waals surface area contributed by atoms with E-state index in [0.29, 0.717) is 0 Å². The first kappa shape index (κ1) is 24.4. The fraction of sp³-hybridized carbons (Fsp3) is 0.265. The van der Waals surface area contributed by atoms with Gasteiger partial charge < -0.3 is 9.88 Å². The number of nitrogens with zero attached hydrogens (tertiary/aromatic N) is 2. The van der Waals surface area contributed by atoms with Crippen LogP contribution in [0.15, 0.2) is 84.9 Å². The Hall–Kier alpha value is -3.89. The second kappa shape index (κ2) is 10.5. The van der Waals surface area contributed by atoms with E-state index in [9.17, 15) is 4.79 Å². The van der Waals surface area contributed by atoms with Crippen LogP contribution in [0, 0.1) is 13.8 Å². The molecule has 0 unspecified atom stereocenters. The van der Waals surface area contributed by atoms with E-state index < -0.39 is 0 Å². The number of rotatable bonds is 6. The molecule has 6 rings (SSSR count). The molecule has 4 nitrogen and oxygen atoms in total. The number of nitrogens with one attached hydrogen (secondary N) is 1. The summed E-state index contributed by atoms with van der Waals surface area (Å²) in [5.74, 6) is 0.146. The molecule has 192 valence electrons. The average molecular weight is 502 g/mol.